The van der Waals surface area contributed by atoms with Gasteiger partial charge in [0.25, 0.3) is 11.8 Å². The molecule has 1 saturated carbocycles. The summed E-state index contributed by atoms with van der Waals surface area (Å²) in [6.07, 6.45) is 3.26. The fourth-order valence-electron chi connectivity index (χ4n) is 5.70. The molecule has 2 heterocycles. The van der Waals surface area contributed by atoms with Crippen molar-refractivity contribution in [3.8, 4) is 0 Å². The fraction of sp³-hybridized carbons (Fsp3) is 0.400. The number of rotatable bonds is 3. The van der Waals surface area contributed by atoms with E-state index < -0.39 is 11.2 Å². The van der Waals surface area contributed by atoms with Gasteiger partial charge in [-0.1, -0.05) is 29.8 Å². The van der Waals surface area contributed by atoms with Gasteiger partial charge in [0.05, 0.1) is 16.5 Å². The van der Waals surface area contributed by atoms with Crippen molar-refractivity contribution >= 4 is 29.3 Å². The van der Waals surface area contributed by atoms with Crippen LogP contribution in [0.15, 0.2) is 42.5 Å². The Balaban J connectivity index is 1.30. The molecule has 3 amide bonds. The van der Waals surface area contributed by atoms with Crippen LogP contribution in [0.2, 0.25) is 5.02 Å². The van der Waals surface area contributed by atoms with Gasteiger partial charge in [-0.05, 0) is 68.9 Å². The second-order valence-electron chi connectivity index (χ2n) is 9.26. The van der Waals surface area contributed by atoms with Crippen LogP contribution in [-0.4, -0.2) is 39.6 Å². The third-order valence-electron chi connectivity index (χ3n) is 7.39. The summed E-state index contributed by atoms with van der Waals surface area (Å²) in [5, 5.41) is 0.320. The van der Waals surface area contributed by atoms with Crippen LogP contribution in [0.25, 0.3) is 0 Å². The Labute approximate surface area is 191 Å². The fourth-order valence-corrected chi connectivity index (χ4v) is 5.93. The second-order valence-corrected chi connectivity index (χ2v) is 9.67. The Morgan fingerprint density at radius 2 is 1.66 bits per heavy atom. The summed E-state index contributed by atoms with van der Waals surface area (Å²) in [7, 11) is 0. The van der Waals surface area contributed by atoms with Crippen LogP contribution in [0.4, 0.5) is 4.39 Å². The van der Waals surface area contributed by atoms with Gasteiger partial charge < -0.3 is 4.90 Å². The molecule has 2 aromatic carbocycles. The van der Waals surface area contributed by atoms with E-state index in [0.717, 1.165) is 12.0 Å². The second kappa shape index (κ2) is 7.69. The zero-order valence-corrected chi connectivity index (χ0v) is 18.6. The smallest absolute Gasteiger partial charge is 0.261 e. The van der Waals surface area contributed by atoms with E-state index in [1.54, 1.807) is 30.3 Å². The molecule has 166 valence electrons. The lowest BCUT2D eigenvalue weighted by Gasteiger charge is -2.38. The van der Waals surface area contributed by atoms with Gasteiger partial charge in [0.2, 0.25) is 5.91 Å². The maximum absolute atomic E-state index is 13.5. The average Bonchev–Trinajstić information content (AvgIpc) is 3.16. The molecule has 1 saturated heterocycles. The van der Waals surface area contributed by atoms with Crippen molar-refractivity contribution in [3.63, 3.8) is 0 Å². The van der Waals surface area contributed by atoms with Gasteiger partial charge in [-0.3, -0.25) is 19.3 Å². The van der Waals surface area contributed by atoms with Crippen LogP contribution in [-0.2, 0) is 11.3 Å². The van der Waals surface area contributed by atoms with E-state index in [1.807, 2.05) is 11.8 Å². The molecular formula is C25H24ClFN2O3. The largest absolute Gasteiger partial charge is 0.335 e. The number of carbonyl (C=O) groups is 3. The Bertz CT molecular complexity index is 1090. The third-order valence-corrected chi connectivity index (χ3v) is 7.74. The first-order valence-electron chi connectivity index (χ1n) is 11.0. The number of amides is 3. The van der Waals surface area contributed by atoms with Crippen molar-refractivity contribution in [3.05, 3.63) is 70.0 Å². The van der Waals surface area contributed by atoms with Gasteiger partial charge in [0.1, 0.15) is 5.82 Å². The van der Waals surface area contributed by atoms with Gasteiger partial charge in [-0.15, -0.1) is 0 Å². The van der Waals surface area contributed by atoms with E-state index in [2.05, 4.69) is 0 Å². The first-order valence-corrected chi connectivity index (χ1v) is 11.4. The van der Waals surface area contributed by atoms with E-state index in [-0.39, 0.29) is 29.8 Å². The van der Waals surface area contributed by atoms with E-state index in [4.69, 9.17) is 11.6 Å². The van der Waals surface area contributed by atoms with Crippen LogP contribution in [0.5, 0.6) is 0 Å². The summed E-state index contributed by atoms with van der Waals surface area (Å²) in [4.78, 5) is 42.4. The van der Waals surface area contributed by atoms with E-state index in [9.17, 15) is 18.8 Å². The molecule has 5 rings (SSSR count). The Morgan fingerprint density at radius 3 is 2.25 bits per heavy atom. The number of hydrogen-bond donors (Lipinski definition) is 0. The molecule has 0 radical (unpaired) electrons. The van der Waals surface area contributed by atoms with Crippen LogP contribution >= 0.6 is 11.6 Å². The molecule has 0 aromatic heterocycles. The van der Waals surface area contributed by atoms with Gasteiger partial charge >= 0.3 is 0 Å². The van der Waals surface area contributed by atoms with Crippen LogP contribution in [0.3, 0.4) is 0 Å². The molecular weight excluding hydrogens is 431 g/mol. The molecule has 2 aliphatic heterocycles. The third kappa shape index (κ3) is 3.24. The van der Waals surface area contributed by atoms with E-state index in [0.29, 0.717) is 48.4 Å². The normalized spacial score (nSPS) is 27.5. The molecule has 2 fully saturated rings. The first-order chi connectivity index (χ1) is 15.3. The number of benzene rings is 2. The van der Waals surface area contributed by atoms with E-state index >= 15 is 0 Å². The Kier molecular flexibility index (Phi) is 5.08. The minimum atomic E-state index is -0.471. The summed E-state index contributed by atoms with van der Waals surface area (Å²) >= 11 is 6.19. The lowest BCUT2D eigenvalue weighted by molar-refractivity contribution is -0.139. The lowest BCUT2D eigenvalue weighted by Crippen LogP contribution is -2.46. The minimum absolute atomic E-state index is 0.0412. The number of imide groups is 1. The zero-order chi connectivity index (χ0) is 22.6. The van der Waals surface area contributed by atoms with Crippen molar-refractivity contribution in [2.45, 2.75) is 57.7 Å². The summed E-state index contributed by atoms with van der Waals surface area (Å²) in [5.74, 6) is -0.774. The summed E-state index contributed by atoms with van der Waals surface area (Å²) in [6, 6.07) is 11.0. The summed E-state index contributed by atoms with van der Waals surface area (Å²) in [5.41, 5.74) is 1.18. The number of likely N-dealkylation sites (tertiary alicyclic amines) is 1. The molecule has 5 nitrogen and oxygen atoms in total. The maximum Gasteiger partial charge on any atom is 0.261 e. The average molecular weight is 455 g/mol. The van der Waals surface area contributed by atoms with Crippen LogP contribution < -0.4 is 0 Å². The molecule has 0 bridgehead atoms. The zero-order valence-electron chi connectivity index (χ0n) is 17.8. The maximum atomic E-state index is 13.5. The first kappa shape index (κ1) is 21.1. The molecule has 7 heteroatoms. The van der Waals surface area contributed by atoms with Crippen LogP contribution in [0, 0.1) is 11.2 Å². The minimum Gasteiger partial charge on any atom is -0.335 e. The number of hydrogen-bond acceptors (Lipinski definition) is 3. The Hall–Kier alpha value is -2.73. The monoisotopic (exact) mass is 454 g/mol. The number of carbonyl (C=O) groups excluding carboxylic acids is 3. The molecule has 2 aromatic rings. The van der Waals surface area contributed by atoms with Crippen molar-refractivity contribution in [1.29, 1.82) is 0 Å². The quantitative estimate of drug-likeness (QED) is 0.624. The SMILES string of the molecule is CC1CC2(CCC(N3C(=O)c4ccccc4C3=O)CC2)C(=O)N1Cc1ccc(F)cc1Cl. The molecule has 1 unspecified atom stereocenters. The number of nitrogens with zero attached hydrogens (tertiary/aromatic N) is 2. The van der Waals surface area contributed by atoms with Crippen molar-refractivity contribution in [2.75, 3.05) is 0 Å². The number of halogens is 2. The highest BCUT2D eigenvalue weighted by Crippen LogP contribution is 2.49. The van der Waals surface area contributed by atoms with Crippen LogP contribution in [0.1, 0.15) is 65.3 Å². The topological polar surface area (TPSA) is 57.7 Å². The molecule has 0 N–H and O–H groups in total. The van der Waals surface area contributed by atoms with Gasteiger partial charge in [0, 0.05) is 23.7 Å². The molecule has 3 aliphatic rings. The highest BCUT2D eigenvalue weighted by Gasteiger charge is 2.53. The van der Waals surface area contributed by atoms with Crippen molar-refractivity contribution in [1.82, 2.24) is 9.80 Å². The molecule has 1 spiro atoms. The van der Waals surface area contributed by atoms with Gasteiger partial charge in [-0.2, -0.15) is 0 Å². The van der Waals surface area contributed by atoms with E-state index in [1.165, 1.54) is 17.0 Å². The molecule has 32 heavy (non-hydrogen) atoms. The summed E-state index contributed by atoms with van der Waals surface area (Å²) in [6.45, 7) is 2.38. The van der Waals surface area contributed by atoms with Crippen molar-refractivity contribution < 1.29 is 18.8 Å². The highest BCUT2D eigenvalue weighted by molar-refractivity contribution is 6.31. The number of fused-ring (bicyclic) bond motifs is 1. The van der Waals surface area contributed by atoms with Gasteiger partial charge in [0.15, 0.2) is 0 Å². The lowest BCUT2D eigenvalue weighted by atomic mass is 9.70. The standard InChI is InChI=1S/C25H24ClFN2O3/c1-15-13-25(24(32)28(15)14-16-6-7-17(27)12-21(16)26)10-8-18(9-11-25)29-22(30)19-4-2-3-5-20(19)23(29)31/h2-7,12,15,18H,8-11,13-14H2,1H3. The summed E-state index contributed by atoms with van der Waals surface area (Å²) < 4.78 is 13.4. The highest BCUT2D eigenvalue weighted by atomic mass is 35.5. The predicted octanol–water partition coefficient (Wildman–Crippen LogP) is 4.83. The molecule has 1 aliphatic carbocycles. The Morgan fingerprint density at radius 1 is 1.03 bits per heavy atom. The predicted molar refractivity (Wildman–Crippen MR) is 118 cm³/mol. The van der Waals surface area contributed by atoms with Gasteiger partial charge in [-0.25, -0.2) is 4.39 Å². The molecule has 1 atom stereocenters. The van der Waals surface area contributed by atoms with Crippen molar-refractivity contribution in [2.24, 2.45) is 5.41 Å².